The second-order valence-corrected chi connectivity index (χ2v) is 6.90. The average Bonchev–Trinajstić information content (AvgIpc) is 2.76. The predicted octanol–water partition coefficient (Wildman–Crippen LogP) is 5.48. The number of hydrazone groups is 1. The van der Waals surface area contributed by atoms with Gasteiger partial charge in [-0.3, -0.25) is 10.0 Å². The van der Waals surface area contributed by atoms with Crippen molar-refractivity contribution >= 4 is 46.5 Å². The maximum absolute atomic E-state index is 6.12. The molecule has 1 aliphatic heterocycles. The third kappa shape index (κ3) is 3.12. The Morgan fingerprint density at radius 3 is 2.39 bits per heavy atom. The Labute approximate surface area is 146 Å². The largest absolute Gasteiger partial charge is 0.269 e. The van der Waals surface area contributed by atoms with Gasteiger partial charge in [-0.2, -0.15) is 5.10 Å². The van der Waals surface area contributed by atoms with E-state index >= 15 is 0 Å². The van der Waals surface area contributed by atoms with Crippen LogP contribution in [0.2, 0.25) is 10.0 Å². The van der Waals surface area contributed by atoms with Crippen LogP contribution in [0.15, 0.2) is 52.6 Å². The number of hydrogen-bond acceptors (Lipinski definition) is 3. The molecule has 0 N–H and O–H groups in total. The molecule has 5 heteroatoms. The molecule has 0 unspecified atom stereocenters. The fourth-order valence-electron chi connectivity index (χ4n) is 2.57. The molecule has 0 amide bonds. The second kappa shape index (κ2) is 5.99. The SMILES string of the molecule is CN(N=CC1=Nc2ccc(Cl)cc2C1(C)C)c1ccc(Cl)cc1. The van der Waals surface area contributed by atoms with E-state index in [0.717, 1.165) is 27.7 Å². The lowest BCUT2D eigenvalue weighted by atomic mass is 9.82. The maximum Gasteiger partial charge on any atom is 0.0712 e. The smallest absolute Gasteiger partial charge is 0.0712 e. The molecule has 0 saturated heterocycles. The normalized spacial score (nSPS) is 15.6. The van der Waals surface area contributed by atoms with Gasteiger partial charge in [0.25, 0.3) is 0 Å². The van der Waals surface area contributed by atoms with Crippen LogP contribution in [0.25, 0.3) is 0 Å². The minimum atomic E-state index is -0.218. The number of benzene rings is 2. The van der Waals surface area contributed by atoms with Crippen LogP contribution in [0.3, 0.4) is 0 Å². The van der Waals surface area contributed by atoms with E-state index in [-0.39, 0.29) is 5.41 Å². The Bertz CT molecular complexity index is 792. The standard InChI is InChI=1S/C18H17Cl2N3/c1-18(2)15-10-13(20)6-9-16(15)22-17(18)11-21-23(3)14-7-4-12(19)5-8-14/h4-11H,1-3H3. The van der Waals surface area contributed by atoms with Gasteiger partial charge in [-0.15, -0.1) is 0 Å². The number of fused-ring (bicyclic) bond motifs is 1. The van der Waals surface area contributed by atoms with E-state index in [4.69, 9.17) is 23.2 Å². The average molecular weight is 346 g/mol. The molecule has 3 rings (SSSR count). The lowest BCUT2D eigenvalue weighted by Crippen LogP contribution is -2.27. The monoisotopic (exact) mass is 345 g/mol. The lowest BCUT2D eigenvalue weighted by molar-refractivity contribution is 0.744. The summed E-state index contributed by atoms with van der Waals surface area (Å²) in [5.74, 6) is 0. The van der Waals surface area contributed by atoms with Crippen LogP contribution in [0.5, 0.6) is 0 Å². The number of hydrogen-bond donors (Lipinski definition) is 0. The molecule has 0 aliphatic carbocycles. The highest BCUT2D eigenvalue weighted by atomic mass is 35.5. The van der Waals surface area contributed by atoms with Gasteiger partial charge in [0.1, 0.15) is 0 Å². The van der Waals surface area contributed by atoms with E-state index in [9.17, 15) is 0 Å². The molecule has 2 aromatic rings. The van der Waals surface area contributed by atoms with Gasteiger partial charge in [0.2, 0.25) is 0 Å². The van der Waals surface area contributed by atoms with E-state index in [0.29, 0.717) is 5.02 Å². The van der Waals surface area contributed by atoms with Crippen molar-refractivity contribution in [1.82, 2.24) is 0 Å². The highest BCUT2D eigenvalue weighted by molar-refractivity contribution is 6.37. The van der Waals surface area contributed by atoms with Gasteiger partial charge in [0.15, 0.2) is 0 Å². The van der Waals surface area contributed by atoms with Crippen molar-refractivity contribution in [3.63, 3.8) is 0 Å². The summed E-state index contributed by atoms with van der Waals surface area (Å²) < 4.78 is 0. The number of aliphatic imine (C=N–C) groups is 1. The Balaban J connectivity index is 1.84. The van der Waals surface area contributed by atoms with Gasteiger partial charge >= 0.3 is 0 Å². The van der Waals surface area contributed by atoms with Crippen molar-refractivity contribution in [3.8, 4) is 0 Å². The van der Waals surface area contributed by atoms with Gasteiger partial charge in [0.05, 0.1) is 23.3 Å². The molecule has 0 bridgehead atoms. The van der Waals surface area contributed by atoms with E-state index in [1.165, 1.54) is 0 Å². The van der Waals surface area contributed by atoms with Gasteiger partial charge < -0.3 is 0 Å². The lowest BCUT2D eigenvalue weighted by Gasteiger charge is -2.20. The Morgan fingerprint density at radius 2 is 1.70 bits per heavy atom. The molecule has 1 aliphatic rings. The fraction of sp³-hybridized carbons (Fsp3) is 0.222. The summed E-state index contributed by atoms with van der Waals surface area (Å²) >= 11 is 12.0. The van der Waals surface area contributed by atoms with Crippen molar-refractivity contribution in [3.05, 3.63) is 58.1 Å². The van der Waals surface area contributed by atoms with Gasteiger partial charge in [-0.1, -0.05) is 37.0 Å². The number of halogens is 2. The summed E-state index contributed by atoms with van der Waals surface area (Å²) in [6, 6.07) is 13.3. The van der Waals surface area contributed by atoms with E-state index in [2.05, 4.69) is 23.9 Å². The highest BCUT2D eigenvalue weighted by Gasteiger charge is 2.34. The number of rotatable bonds is 3. The first kappa shape index (κ1) is 16.0. The van der Waals surface area contributed by atoms with Crippen LogP contribution < -0.4 is 5.01 Å². The molecule has 23 heavy (non-hydrogen) atoms. The first-order valence-electron chi connectivity index (χ1n) is 7.30. The number of anilines is 1. The molecule has 0 spiro atoms. The van der Waals surface area contributed by atoms with Gasteiger partial charge in [-0.05, 0) is 48.0 Å². The predicted molar refractivity (Wildman–Crippen MR) is 99.9 cm³/mol. The number of nitrogens with zero attached hydrogens (tertiary/aromatic N) is 3. The minimum absolute atomic E-state index is 0.218. The van der Waals surface area contributed by atoms with Crippen LogP contribution in [-0.2, 0) is 5.41 Å². The molecular weight excluding hydrogens is 329 g/mol. The Hall–Kier alpha value is -1.84. The molecule has 0 atom stereocenters. The van der Waals surface area contributed by atoms with Crippen LogP contribution >= 0.6 is 23.2 Å². The van der Waals surface area contributed by atoms with Gasteiger partial charge in [-0.25, -0.2) is 0 Å². The van der Waals surface area contributed by atoms with Crippen LogP contribution in [0.4, 0.5) is 11.4 Å². The van der Waals surface area contributed by atoms with Crippen molar-refractivity contribution in [2.24, 2.45) is 10.1 Å². The zero-order chi connectivity index (χ0) is 16.6. The molecule has 0 aromatic heterocycles. The first-order chi connectivity index (χ1) is 10.9. The summed E-state index contributed by atoms with van der Waals surface area (Å²) in [7, 11) is 1.90. The maximum atomic E-state index is 6.12. The zero-order valence-electron chi connectivity index (χ0n) is 13.2. The molecule has 2 aromatic carbocycles. The third-order valence-corrected chi connectivity index (χ3v) is 4.55. The summed E-state index contributed by atoms with van der Waals surface area (Å²) in [6.07, 6.45) is 1.81. The third-order valence-electron chi connectivity index (χ3n) is 4.07. The van der Waals surface area contributed by atoms with E-state index in [1.54, 1.807) is 5.01 Å². The Morgan fingerprint density at radius 1 is 1.04 bits per heavy atom. The summed E-state index contributed by atoms with van der Waals surface area (Å²) in [6.45, 7) is 4.25. The summed E-state index contributed by atoms with van der Waals surface area (Å²) in [4.78, 5) is 4.69. The highest BCUT2D eigenvalue weighted by Crippen LogP contribution is 2.40. The van der Waals surface area contributed by atoms with Crippen LogP contribution in [0, 0.1) is 0 Å². The van der Waals surface area contributed by atoms with Crippen molar-refractivity contribution in [2.75, 3.05) is 12.1 Å². The molecule has 0 radical (unpaired) electrons. The van der Waals surface area contributed by atoms with E-state index < -0.39 is 0 Å². The van der Waals surface area contributed by atoms with Crippen LogP contribution in [-0.4, -0.2) is 19.0 Å². The minimum Gasteiger partial charge on any atom is -0.269 e. The van der Waals surface area contributed by atoms with Crippen LogP contribution in [0.1, 0.15) is 19.4 Å². The molecule has 1 heterocycles. The summed E-state index contributed by atoms with van der Waals surface area (Å²) in [5, 5.41) is 7.74. The first-order valence-corrected chi connectivity index (χ1v) is 8.06. The fourth-order valence-corrected chi connectivity index (χ4v) is 2.87. The second-order valence-electron chi connectivity index (χ2n) is 6.03. The molecular formula is C18H17Cl2N3. The Kier molecular flexibility index (Phi) is 4.17. The topological polar surface area (TPSA) is 28.0 Å². The van der Waals surface area contributed by atoms with Gasteiger partial charge in [0, 0.05) is 22.5 Å². The zero-order valence-corrected chi connectivity index (χ0v) is 14.7. The molecule has 3 nitrogen and oxygen atoms in total. The van der Waals surface area contributed by atoms with Crippen molar-refractivity contribution < 1.29 is 0 Å². The van der Waals surface area contributed by atoms with Crippen molar-refractivity contribution in [2.45, 2.75) is 19.3 Å². The van der Waals surface area contributed by atoms with Crippen molar-refractivity contribution in [1.29, 1.82) is 0 Å². The quantitative estimate of drug-likeness (QED) is 0.534. The molecule has 0 saturated carbocycles. The van der Waals surface area contributed by atoms with E-state index in [1.807, 2.05) is 55.7 Å². The summed E-state index contributed by atoms with van der Waals surface area (Å²) in [5.41, 5.74) is 3.73. The molecule has 118 valence electrons. The molecule has 0 fully saturated rings.